The van der Waals surface area contributed by atoms with Crippen molar-refractivity contribution in [2.24, 2.45) is 0 Å². The first-order valence-electron chi connectivity index (χ1n) is 10.7. The van der Waals surface area contributed by atoms with Crippen molar-refractivity contribution < 1.29 is 37.3 Å². The van der Waals surface area contributed by atoms with Crippen molar-refractivity contribution in [3.05, 3.63) is 69.9 Å². The van der Waals surface area contributed by atoms with Crippen LogP contribution in [0.3, 0.4) is 0 Å². The monoisotopic (exact) mass is 505 g/mol. The van der Waals surface area contributed by atoms with Crippen LogP contribution in [0.15, 0.2) is 54.6 Å². The van der Waals surface area contributed by atoms with E-state index in [9.17, 15) is 27.9 Å². The second kappa shape index (κ2) is 10.1. The minimum Gasteiger partial charge on any atom is -0.488 e. The fourth-order valence-corrected chi connectivity index (χ4v) is 4.89. The molecule has 0 aliphatic carbocycles. The highest BCUT2D eigenvalue weighted by Crippen LogP contribution is 2.43. The molecule has 0 bridgehead atoms. The maximum Gasteiger partial charge on any atom is 0.426 e. The first-order valence-corrected chi connectivity index (χ1v) is 11.6. The van der Waals surface area contributed by atoms with Crippen LogP contribution in [0.2, 0.25) is 0 Å². The Morgan fingerprint density at radius 1 is 1.14 bits per heavy atom. The van der Waals surface area contributed by atoms with E-state index in [0.717, 1.165) is 12.7 Å². The zero-order valence-electron chi connectivity index (χ0n) is 18.7. The van der Waals surface area contributed by atoms with Crippen molar-refractivity contribution in [1.82, 2.24) is 0 Å². The summed E-state index contributed by atoms with van der Waals surface area (Å²) in [5.41, 5.74) is 2.08. The Morgan fingerprint density at radius 2 is 1.89 bits per heavy atom. The summed E-state index contributed by atoms with van der Waals surface area (Å²) < 4.78 is 51.0. The van der Waals surface area contributed by atoms with Gasteiger partial charge in [0.05, 0.1) is 13.5 Å². The van der Waals surface area contributed by atoms with Crippen LogP contribution in [-0.4, -0.2) is 36.7 Å². The molecule has 1 aliphatic heterocycles. The number of esters is 1. The predicted octanol–water partition coefficient (Wildman–Crippen LogP) is 4.83. The van der Waals surface area contributed by atoms with Gasteiger partial charge in [0.1, 0.15) is 17.2 Å². The third-order valence-corrected chi connectivity index (χ3v) is 6.75. The number of thiophene rings is 1. The average Bonchev–Trinajstić information content (AvgIpc) is 3.47. The molecule has 1 aromatic heterocycles. The van der Waals surface area contributed by atoms with Crippen molar-refractivity contribution >= 4 is 28.9 Å². The fraction of sp³-hybridized carbons (Fsp3) is 0.280. The van der Waals surface area contributed by atoms with Gasteiger partial charge in [-0.1, -0.05) is 30.3 Å². The first-order chi connectivity index (χ1) is 16.7. The molecule has 0 radical (unpaired) electrons. The van der Waals surface area contributed by atoms with E-state index in [2.05, 4.69) is 4.74 Å². The lowest BCUT2D eigenvalue weighted by Gasteiger charge is -2.19. The molecule has 3 aromatic rings. The summed E-state index contributed by atoms with van der Waals surface area (Å²) in [7, 11) is 1.13. The van der Waals surface area contributed by atoms with Crippen molar-refractivity contribution in [3.63, 3.8) is 0 Å². The van der Waals surface area contributed by atoms with E-state index in [4.69, 9.17) is 4.74 Å². The molecule has 35 heavy (non-hydrogen) atoms. The number of carbonyl (C=O) groups is 2. The predicted molar refractivity (Wildman–Crippen MR) is 124 cm³/mol. The largest absolute Gasteiger partial charge is 0.488 e. The Kier molecular flexibility index (Phi) is 7.13. The normalized spacial score (nSPS) is 13.9. The highest BCUT2D eigenvalue weighted by molar-refractivity contribution is 7.12. The van der Waals surface area contributed by atoms with E-state index in [1.807, 2.05) is 0 Å². The number of fused-ring (bicyclic) bond motifs is 1. The summed E-state index contributed by atoms with van der Waals surface area (Å²) >= 11 is 0.656. The van der Waals surface area contributed by atoms with Gasteiger partial charge < -0.3 is 19.5 Å². The van der Waals surface area contributed by atoms with Gasteiger partial charge in [-0.15, -0.1) is 11.3 Å². The van der Waals surface area contributed by atoms with Crippen molar-refractivity contribution in [3.8, 4) is 16.9 Å². The van der Waals surface area contributed by atoms with E-state index in [1.54, 1.807) is 48.5 Å². The van der Waals surface area contributed by atoms with Crippen LogP contribution in [0.5, 0.6) is 5.75 Å². The standard InChI is InChI=1S/C25H22F3NO5S/c1-33-24(32)21(30)13-22(31)29-10-9-16-11-17(7-8-20(16)29)34-14-18-12-19(15-5-3-2-4-6-15)23(35-18)25(26,27)28/h2-8,11-12,21,30H,9-10,13-14H2,1H3. The second-order valence-corrected chi connectivity index (χ2v) is 9.07. The quantitative estimate of drug-likeness (QED) is 0.466. The van der Waals surface area contributed by atoms with Crippen LogP contribution in [0, 0.1) is 0 Å². The van der Waals surface area contributed by atoms with E-state index in [-0.39, 0.29) is 12.2 Å². The molecule has 1 unspecified atom stereocenters. The van der Waals surface area contributed by atoms with Gasteiger partial charge in [0.15, 0.2) is 6.10 Å². The smallest absolute Gasteiger partial charge is 0.426 e. The van der Waals surface area contributed by atoms with Crippen molar-refractivity contribution in [1.29, 1.82) is 0 Å². The van der Waals surface area contributed by atoms with E-state index >= 15 is 0 Å². The molecule has 6 nitrogen and oxygen atoms in total. The Hall–Kier alpha value is -3.37. The lowest BCUT2D eigenvalue weighted by Crippen LogP contribution is -2.34. The van der Waals surface area contributed by atoms with Crippen LogP contribution in [0.4, 0.5) is 18.9 Å². The summed E-state index contributed by atoms with van der Waals surface area (Å²) in [6.45, 7) is 0.346. The van der Waals surface area contributed by atoms with E-state index in [0.29, 0.717) is 46.2 Å². The van der Waals surface area contributed by atoms with Gasteiger partial charge in [-0.25, -0.2) is 4.79 Å². The number of hydrogen-bond donors (Lipinski definition) is 1. The number of benzene rings is 2. The van der Waals surface area contributed by atoms with Gasteiger partial charge >= 0.3 is 12.1 Å². The molecule has 1 aliphatic rings. The minimum atomic E-state index is -4.47. The highest BCUT2D eigenvalue weighted by atomic mass is 32.1. The number of amides is 1. The van der Waals surface area contributed by atoms with E-state index < -0.39 is 35.5 Å². The van der Waals surface area contributed by atoms with Gasteiger partial charge in [0.25, 0.3) is 0 Å². The molecule has 2 aromatic carbocycles. The number of carbonyl (C=O) groups excluding carboxylic acids is 2. The van der Waals surface area contributed by atoms with Crippen LogP contribution in [0.25, 0.3) is 11.1 Å². The number of aliphatic hydroxyl groups excluding tert-OH is 1. The van der Waals surface area contributed by atoms with Gasteiger partial charge in [-0.2, -0.15) is 13.2 Å². The highest BCUT2D eigenvalue weighted by Gasteiger charge is 2.36. The number of ether oxygens (including phenoxy) is 2. The lowest BCUT2D eigenvalue weighted by molar-refractivity contribution is -0.152. The molecule has 1 amide bonds. The van der Waals surface area contributed by atoms with Gasteiger partial charge in [-0.05, 0) is 41.8 Å². The topological polar surface area (TPSA) is 76.1 Å². The van der Waals surface area contributed by atoms with Crippen LogP contribution < -0.4 is 9.64 Å². The van der Waals surface area contributed by atoms with Gasteiger partial charge in [0, 0.05) is 22.7 Å². The Bertz CT molecular complexity index is 1230. The van der Waals surface area contributed by atoms with E-state index in [1.165, 1.54) is 11.0 Å². The SMILES string of the molecule is COC(=O)C(O)CC(=O)N1CCc2cc(OCc3cc(-c4ccccc4)c(C(F)(F)F)s3)ccc21. The number of rotatable bonds is 7. The van der Waals surface area contributed by atoms with Crippen LogP contribution in [0.1, 0.15) is 21.7 Å². The molecule has 1 N–H and O–H groups in total. The molecule has 0 saturated heterocycles. The Morgan fingerprint density at radius 3 is 2.57 bits per heavy atom. The zero-order valence-corrected chi connectivity index (χ0v) is 19.5. The molecule has 4 rings (SSSR count). The number of anilines is 1. The lowest BCUT2D eigenvalue weighted by atomic mass is 10.1. The number of nitrogens with zero attached hydrogens (tertiary/aromatic N) is 1. The number of halogens is 3. The van der Waals surface area contributed by atoms with Crippen LogP contribution in [-0.2, 0) is 33.5 Å². The Labute approximate surface area is 203 Å². The third kappa shape index (κ3) is 5.49. The zero-order chi connectivity index (χ0) is 25.2. The first kappa shape index (κ1) is 24.7. The molecule has 0 saturated carbocycles. The third-order valence-electron chi connectivity index (χ3n) is 5.60. The molecule has 1 atom stereocenters. The maximum atomic E-state index is 13.6. The van der Waals surface area contributed by atoms with Gasteiger partial charge in [-0.3, -0.25) is 4.79 Å². The summed E-state index contributed by atoms with van der Waals surface area (Å²) in [6, 6.07) is 15.0. The van der Waals surface area contributed by atoms with Gasteiger partial charge in [0.2, 0.25) is 5.91 Å². The fourth-order valence-electron chi connectivity index (χ4n) is 3.93. The second-order valence-electron chi connectivity index (χ2n) is 7.94. The molecule has 2 heterocycles. The molecular formula is C25H22F3NO5S. The number of methoxy groups -OCH3 is 1. The molecule has 10 heteroatoms. The van der Waals surface area contributed by atoms with Crippen molar-refractivity contribution in [2.45, 2.75) is 31.7 Å². The summed E-state index contributed by atoms with van der Waals surface area (Å²) in [5, 5.41) is 9.75. The molecular weight excluding hydrogens is 483 g/mol. The summed E-state index contributed by atoms with van der Waals surface area (Å²) in [4.78, 5) is 25.1. The molecule has 0 spiro atoms. The number of aliphatic hydroxyl groups is 1. The Balaban J connectivity index is 1.46. The minimum absolute atomic E-state index is 0.0344. The summed E-state index contributed by atoms with van der Waals surface area (Å²) in [6.07, 6.45) is -5.86. The van der Waals surface area contributed by atoms with Crippen LogP contribution >= 0.6 is 11.3 Å². The summed E-state index contributed by atoms with van der Waals surface area (Å²) in [5.74, 6) is -0.822. The van der Waals surface area contributed by atoms with Crippen molar-refractivity contribution in [2.75, 3.05) is 18.6 Å². The molecule has 0 fully saturated rings. The molecule has 184 valence electrons. The maximum absolute atomic E-state index is 13.6. The number of hydrogen-bond acceptors (Lipinski definition) is 6. The number of alkyl halides is 3. The average molecular weight is 506 g/mol.